The number of amides is 1. The van der Waals surface area contributed by atoms with Gasteiger partial charge in [0, 0.05) is 6.42 Å². The van der Waals surface area contributed by atoms with Crippen molar-refractivity contribution in [3.8, 4) is 0 Å². The molecule has 0 aliphatic carbocycles. The third kappa shape index (κ3) is 4.91. The molecule has 0 aromatic carbocycles. The van der Waals surface area contributed by atoms with Crippen molar-refractivity contribution in [2.75, 3.05) is 5.32 Å². The molecule has 1 amide bonds. The fraction of sp³-hybridized carbons (Fsp3) is 0.727. The van der Waals surface area contributed by atoms with Crippen molar-refractivity contribution in [1.29, 1.82) is 0 Å². The summed E-state index contributed by atoms with van der Waals surface area (Å²) in [6.07, 6.45) is 2.91. The van der Waals surface area contributed by atoms with Gasteiger partial charge in [-0.1, -0.05) is 27.7 Å². The predicted molar refractivity (Wildman–Crippen MR) is 62.9 cm³/mol. The van der Waals surface area contributed by atoms with Gasteiger partial charge in [-0.05, 0) is 17.8 Å². The van der Waals surface area contributed by atoms with E-state index in [-0.39, 0.29) is 11.3 Å². The highest BCUT2D eigenvalue weighted by atomic mass is 16.1. The summed E-state index contributed by atoms with van der Waals surface area (Å²) in [5, 5.41) is 8.93. The molecule has 1 unspecified atom stereocenters. The first kappa shape index (κ1) is 12.7. The molecule has 5 heteroatoms. The van der Waals surface area contributed by atoms with E-state index in [0.29, 0.717) is 18.3 Å². The number of carbonyl (C=O) groups excluding carboxylic acids is 1. The van der Waals surface area contributed by atoms with E-state index in [1.165, 1.54) is 6.33 Å². The molecule has 0 aliphatic heterocycles. The molecular formula is C11H20N4O. The lowest BCUT2D eigenvalue weighted by molar-refractivity contribution is -0.117. The molecule has 0 aliphatic rings. The van der Waals surface area contributed by atoms with Crippen molar-refractivity contribution in [3.05, 3.63) is 6.33 Å². The van der Waals surface area contributed by atoms with Crippen LogP contribution in [0.3, 0.4) is 0 Å². The molecule has 2 N–H and O–H groups in total. The summed E-state index contributed by atoms with van der Waals surface area (Å²) < 4.78 is 0. The van der Waals surface area contributed by atoms with Gasteiger partial charge in [0.05, 0.1) is 0 Å². The van der Waals surface area contributed by atoms with Gasteiger partial charge in [0.15, 0.2) is 0 Å². The normalized spacial score (nSPS) is 13.5. The Bertz CT molecular complexity index is 326. The van der Waals surface area contributed by atoms with Gasteiger partial charge >= 0.3 is 0 Å². The van der Waals surface area contributed by atoms with E-state index in [1.807, 2.05) is 0 Å². The number of aromatic nitrogens is 3. The molecule has 0 spiro atoms. The van der Waals surface area contributed by atoms with Gasteiger partial charge in [0.2, 0.25) is 11.9 Å². The summed E-state index contributed by atoms with van der Waals surface area (Å²) in [7, 11) is 0. The Balaban J connectivity index is 2.34. The lowest BCUT2D eigenvalue weighted by Crippen LogP contribution is -2.19. The van der Waals surface area contributed by atoms with Gasteiger partial charge in [-0.2, -0.15) is 10.1 Å². The largest absolute Gasteiger partial charge is 0.295 e. The third-order valence-corrected chi connectivity index (χ3v) is 2.17. The maximum Gasteiger partial charge on any atom is 0.226 e. The highest BCUT2D eigenvalue weighted by Crippen LogP contribution is 2.25. The molecular weight excluding hydrogens is 204 g/mol. The molecule has 0 saturated heterocycles. The fourth-order valence-electron chi connectivity index (χ4n) is 1.88. The van der Waals surface area contributed by atoms with Gasteiger partial charge in [0.1, 0.15) is 6.33 Å². The number of hydrogen-bond acceptors (Lipinski definition) is 3. The molecule has 16 heavy (non-hydrogen) atoms. The summed E-state index contributed by atoms with van der Waals surface area (Å²) in [5.41, 5.74) is 0.256. The van der Waals surface area contributed by atoms with Gasteiger partial charge in [-0.15, -0.1) is 0 Å². The standard InChI is InChI=1S/C11H20N4O/c1-8(6-11(2,3)4)5-9(16)14-10-12-7-13-15-10/h7-8H,5-6H2,1-4H3,(H2,12,13,14,15,16). The van der Waals surface area contributed by atoms with Crippen LogP contribution >= 0.6 is 0 Å². The van der Waals surface area contributed by atoms with Gasteiger partial charge in [-0.3, -0.25) is 10.1 Å². The van der Waals surface area contributed by atoms with E-state index in [1.54, 1.807) is 0 Å². The molecule has 1 heterocycles. The van der Waals surface area contributed by atoms with Crippen molar-refractivity contribution in [3.63, 3.8) is 0 Å². The number of carbonyl (C=O) groups is 1. The number of H-pyrrole nitrogens is 1. The summed E-state index contributed by atoms with van der Waals surface area (Å²) in [6.45, 7) is 8.62. The highest BCUT2D eigenvalue weighted by molar-refractivity contribution is 5.88. The first-order valence-corrected chi connectivity index (χ1v) is 5.52. The van der Waals surface area contributed by atoms with Crippen molar-refractivity contribution < 1.29 is 4.79 Å². The zero-order valence-electron chi connectivity index (χ0n) is 10.4. The Kier molecular flexibility index (Phi) is 4.04. The Hall–Kier alpha value is -1.39. The molecule has 1 aromatic rings. The quantitative estimate of drug-likeness (QED) is 0.823. The Morgan fingerprint density at radius 1 is 1.56 bits per heavy atom. The van der Waals surface area contributed by atoms with Crippen molar-refractivity contribution in [2.45, 2.75) is 40.5 Å². The first-order valence-electron chi connectivity index (χ1n) is 5.52. The lowest BCUT2D eigenvalue weighted by atomic mass is 9.84. The molecule has 1 atom stereocenters. The Morgan fingerprint density at radius 2 is 2.25 bits per heavy atom. The molecule has 90 valence electrons. The van der Waals surface area contributed by atoms with Gasteiger partial charge < -0.3 is 0 Å². The average molecular weight is 224 g/mol. The van der Waals surface area contributed by atoms with Crippen molar-refractivity contribution in [1.82, 2.24) is 15.2 Å². The zero-order valence-corrected chi connectivity index (χ0v) is 10.4. The van der Waals surface area contributed by atoms with Crippen LogP contribution in [0.1, 0.15) is 40.5 Å². The average Bonchev–Trinajstić information content (AvgIpc) is 2.51. The van der Waals surface area contributed by atoms with Crippen LogP contribution in [0.15, 0.2) is 6.33 Å². The summed E-state index contributed by atoms with van der Waals surface area (Å²) in [4.78, 5) is 15.4. The van der Waals surface area contributed by atoms with Crippen LogP contribution in [-0.2, 0) is 4.79 Å². The van der Waals surface area contributed by atoms with E-state index < -0.39 is 0 Å². The highest BCUT2D eigenvalue weighted by Gasteiger charge is 2.18. The van der Waals surface area contributed by atoms with E-state index in [2.05, 4.69) is 48.2 Å². The number of hydrogen-bond donors (Lipinski definition) is 2. The maximum atomic E-state index is 11.6. The predicted octanol–water partition coefficient (Wildman–Crippen LogP) is 2.21. The molecule has 0 fully saturated rings. The number of nitrogens with zero attached hydrogens (tertiary/aromatic N) is 2. The number of anilines is 1. The second kappa shape index (κ2) is 5.09. The summed E-state index contributed by atoms with van der Waals surface area (Å²) in [5.74, 6) is 0.754. The molecule has 0 saturated carbocycles. The molecule has 0 bridgehead atoms. The smallest absolute Gasteiger partial charge is 0.226 e. The minimum absolute atomic E-state index is 0.0199. The van der Waals surface area contributed by atoms with Gasteiger partial charge in [-0.25, -0.2) is 5.10 Å². The summed E-state index contributed by atoms with van der Waals surface area (Å²) in [6, 6.07) is 0. The number of aromatic amines is 1. The van der Waals surface area contributed by atoms with Crippen molar-refractivity contribution in [2.24, 2.45) is 11.3 Å². The summed E-state index contributed by atoms with van der Waals surface area (Å²) >= 11 is 0. The zero-order chi connectivity index (χ0) is 12.2. The van der Waals surface area contributed by atoms with Gasteiger partial charge in [0.25, 0.3) is 0 Å². The Labute approximate surface area is 96.0 Å². The molecule has 0 radical (unpaired) electrons. The van der Waals surface area contributed by atoms with Crippen molar-refractivity contribution >= 4 is 11.9 Å². The lowest BCUT2D eigenvalue weighted by Gasteiger charge is -2.22. The van der Waals surface area contributed by atoms with E-state index >= 15 is 0 Å². The number of rotatable bonds is 4. The molecule has 5 nitrogen and oxygen atoms in total. The minimum Gasteiger partial charge on any atom is -0.295 e. The number of nitrogens with one attached hydrogen (secondary N) is 2. The maximum absolute atomic E-state index is 11.6. The van der Waals surface area contributed by atoms with E-state index in [9.17, 15) is 4.79 Å². The third-order valence-electron chi connectivity index (χ3n) is 2.17. The van der Waals surface area contributed by atoms with Crippen LogP contribution in [-0.4, -0.2) is 21.1 Å². The van der Waals surface area contributed by atoms with Crippen LogP contribution in [0.4, 0.5) is 5.95 Å². The molecule has 1 rings (SSSR count). The van der Waals surface area contributed by atoms with Crippen LogP contribution in [0.25, 0.3) is 0 Å². The van der Waals surface area contributed by atoms with E-state index in [0.717, 1.165) is 6.42 Å². The minimum atomic E-state index is -0.0199. The molecule has 1 aromatic heterocycles. The Morgan fingerprint density at radius 3 is 2.75 bits per heavy atom. The topological polar surface area (TPSA) is 70.7 Å². The van der Waals surface area contributed by atoms with Crippen LogP contribution < -0.4 is 5.32 Å². The second-order valence-electron chi connectivity index (χ2n) is 5.46. The monoisotopic (exact) mass is 224 g/mol. The van der Waals surface area contributed by atoms with Crippen LogP contribution in [0.2, 0.25) is 0 Å². The van der Waals surface area contributed by atoms with Crippen LogP contribution in [0, 0.1) is 11.3 Å². The first-order chi connectivity index (χ1) is 7.37. The van der Waals surface area contributed by atoms with Crippen LogP contribution in [0.5, 0.6) is 0 Å². The van der Waals surface area contributed by atoms with E-state index in [4.69, 9.17) is 0 Å². The SMILES string of the molecule is CC(CC(=O)Nc1ncn[nH]1)CC(C)(C)C. The fourth-order valence-corrected chi connectivity index (χ4v) is 1.88. The second-order valence-corrected chi connectivity index (χ2v) is 5.46.